The highest BCUT2D eigenvalue weighted by molar-refractivity contribution is 6.30. The van der Waals surface area contributed by atoms with E-state index in [0.29, 0.717) is 6.04 Å². The van der Waals surface area contributed by atoms with Gasteiger partial charge in [0.15, 0.2) is 0 Å². The van der Waals surface area contributed by atoms with E-state index in [0.717, 1.165) is 11.6 Å². The summed E-state index contributed by atoms with van der Waals surface area (Å²) in [6.07, 6.45) is 2.61. The molecule has 0 radical (unpaired) electrons. The summed E-state index contributed by atoms with van der Waals surface area (Å²) in [4.78, 5) is 0. The van der Waals surface area contributed by atoms with E-state index < -0.39 is 0 Å². The van der Waals surface area contributed by atoms with Crippen molar-refractivity contribution in [2.24, 2.45) is 0 Å². The van der Waals surface area contributed by atoms with Crippen LogP contribution in [0.5, 0.6) is 0 Å². The van der Waals surface area contributed by atoms with E-state index in [1.165, 1.54) is 40.7 Å². The number of hydrogen-bond acceptors (Lipinski definition) is 1. The van der Waals surface area contributed by atoms with Crippen LogP contribution in [0.1, 0.15) is 29.5 Å². The standard InChI is InChI=1S/C18H20ClN/c1-12-3-4-14(9-13(12)2)18-8-5-16(19)10-15(18)11-20-17-6-7-17/h3-5,8-10,17,20H,6-7,11H2,1-2H3. The molecule has 3 rings (SSSR count). The Labute approximate surface area is 126 Å². The summed E-state index contributed by atoms with van der Waals surface area (Å²) in [7, 11) is 0. The maximum atomic E-state index is 6.16. The molecule has 0 bridgehead atoms. The molecular weight excluding hydrogens is 266 g/mol. The molecule has 0 saturated heterocycles. The Morgan fingerprint density at radius 3 is 2.55 bits per heavy atom. The van der Waals surface area contributed by atoms with Crippen LogP contribution in [0, 0.1) is 13.8 Å². The summed E-state index contributed by atoms with van der Waals surface area (Å²) >= 11 is 6.16. The quantitative estimate of drug-likeness (QED) is 0.844. The van der Waals surface area contributed by atoms with Gasteiger partial charge in [0.25, 0.3) is 0 Å². The van der Waals surface area contributed by atoms with Crippen LogP contribution in [0.15, 0.2) is 36.4 Å². The molecule has 1 fully saturated rings. The molecule has 1 aliphatic rings. The molecule has 0 aliphatic heterocycles. The molecule has 0 spiro atoms. The van der Waals surface area contributed by atoms with Gasteiger partial charge in [0.2, 0.25) is 0 Å². The van der Waals surface area contributed by atoms with E-state index in [1.807, 2.05) is 6.07 Å². The minimum atomic E-state index is 0.710. The molecule has 2 aromatic rings. The van der Waals surface area contributed by atoms with E-state index in [9.17, 15) is 0 Å². The van der Waals surface area contributed by atoms with Crippen molar-refractivity contribution in [2.75, 3.05) is 0 Å². The third kappa shape index (κ3) is 3.05. The zero-order chi connectivity index (χ0) is 14.1. The van der Waals surface area contributed by atoms with Crippen molar-refractivity contribution < 1.29 is 0 Å². The molecule has 0 heterocycles. The van der Waals surface area contributed by atoms with Gasteiger partial charge in [-0.1, -0.05) is 35.9 Å². The summed E-state index contributed by atoms with van der Waals surface area (Å²) in [6, 6.07) is 13.6. The lowest BCUT2D eigenvalue weighted by atomic mass is 9.96. The second-order valence-corrected chi connectivity index (χ2v) is 6.19. The van der Waals surface area contributed by atoms with Crippen LogP contribution in [0.3, 0.4) is 0 Å². The normalized spacial score (nSPS) is 14.6. The average Bonchev–Trinajstić information content (AvgIpc) is 3.24. The van der Waals surface area contributed by atoms with Crippen molar-refractivity contribution in [1.29, 1.82) is 0 Å². The Hall–Kier alpha value is -1.31. The number of nitrogens with one attached hydrogen (secondary N) is 1. The number of aryl methyl sites for hydroxylation is 2. The summed E-state index contributed by atoms with van der Waals surface area (Å²) in [5, 5.41) is 4.39. The summed E-state index contributed by atoms with van der Waals surface area (Å²) in [6.45, 7) is 5.21. The van der Waals surface area contributed by atoms with Gasteiger partial charge in [-0.05, 0) is 66.6 Å². The highest BCUT2D eigenvalue weighted by atomic mass is 35.5. The van der Waals surface area contributed by atoms with Crippen LogP contribution >= 0.6 is 11.6 Å². The molecule has 0 atom stereocenters. The zero-order valence-corrected chi connectivity index (χ0v) is 12.8. The van der Waals surface area contributed by atoms with Crippen molar-refractivity contribution in [3.8, 4) is 11.1 Å². The van der Waals surface area contributed by atoms with Gasteiger partial charge >= 0.3 is 0 Å². The number of hydrogen-bond donors (Lipinski definition) is 1. The smallest absolute Gasteiger partial charge is 0.0409 e. The molecule has 1 aliphatic carbocycles. The second kappa shape index (κ2) is 5.59. The lowest BCUT2D eigenvalue weighted by Crippen LogP contribution is -2.15. The Morgan fingerprint density at radius 2 is 1.85 bits per heavy atom. The summed E-state index contributed by atoms with van der Waals surface area (Å²) in [5.74, 6) is 0. The average molecular weight is 286 g/mol. The Morgan fingerprint density at radius 1 is 1.05 bits per heavy atom. The highest BCUT2D eigenvalue weighted by Crippen LogP contribution is 2.29. The van der Waals surface area contributed by atoms with E-state index in [2.05, 4.69) is 49.5 Å². The molecule has 1 nitrogen and oxygen atoms in total. The fourth-order valence-electron chi connectivity index (χ4n) is 2.44. The van der Waals surface area contributed by atoms with Gasteiger partial charge in [-0.2, -0.15) is 0 Å². The molecule has 104 valence electrons. The van der Waals surface area contributed by atoms with Crippen LogP contribution in [0.4, 0.5) is 0 Å². The minimum Gasteiger partial charge on any atom is -0.310 e. The van der Waals surface area contributed by atoms with Crippen molar-refractivity contribution in [3.05, 3.63) is 58.1 Å². The second-order valence-electron chi connectivity index (χ2n) is 5.76. The predicted molar refractivity (Wildman–Crippen MR) is 86.2 cm³/mol. The molecule has 2 aromatic carbocycles. The molecule has 0 aromatic heterocycles. The van der Waals surface area contributed by atoms with Crippen molar-refractivity contribution in [1.82, 2.24) is 5.32 Å². The van der Waals surface area contributed by atoms with Crippen LogP contribution < -0.4 is 5.32 Å². The van der Waals surface area contributed by atoms with Gasteiger partial charge in [0.1, 0.15) is 0 Å². The van der Waals surface area contributed by atoms with E-state index in [4.69, 9.17) is 11.6 Å². The van der Waals surface area contributed by atoms with Crippen LogP contribution in [-0.4, -0.2) is 6.04 Å². The van der Waals surface area contributed by atoms with Gasteiger partial charge in [0, 0.05) is 17.6 Å². The van der Waals surface area contributed by atoms with Crippen molar-refractivity contribution in [3.63, 3.8) is 0 Å². The SMILES string of the molecule is Cc1ccc(-c2ccc(Cl)cc2CNC2CC2)cc1C. The molecule has 2 heteroatoms. The van der Waals surface area contributed by atoms with Crippen LogP contribution in [0.25, 0.3) is 11.1 Å². The third-order valence-corrected chi connectivity index (χ3v) is 4.28. The molecule has 1 N–H and O–H groups in total. The third-order valence-electron chi connectivity index (χ3n) is 4.04. The van der Waals surface area contributed by atoms with E-state index in [-0.39, 0.29) is 0 Å². The lowest BCUT2D eigenvalue weighted by Gasteiger charge is -2.13. The fourth-order valence-corrected chi connectivity index (χ4v) is 2.64. The Kier molecular flexibility index (Phi) is 3.82. The lowest BCUT2D eigenvalue weighted by molar-refractivity contribution is 0.689. The summed E-state index contributed by atoms with van der Waals surface area (Å²) < 4.78 is 0. The largest absolute Gasteiger partial charge is 0.310 e. The maximum Gasteiger partial charge on any atom is 0.0409 e. The van der Waals surface area contributed by atoms with Crippen molar-refractivity contribution in [2.45, 2.75) is 39.3 Å². The van der Waals surface area contributed by atoms with Crippen LogP contribution in [-0.2, 0) is 6.54 Å². The first-order chi connectivity index (χ1) is 9.63. The van der Waals surface area contributed by atoms with Gasteiger partial charge in [0.05, 0.1) is 0 Å². The Bertz CT molecular complexity index is 629. The number of halogens is 1. The van der Waals surface area contributed by atoms with Gasteiger partial charge in [-0.15, -0.1) is 0 Å². The Balaban J connectivity index is 1.95. The first-order valence-corrected chi connectivity index (χ1v) is 7.61. The topological polar surface area (TPSA) is 12.0 Å². The fraction of sp³-hybridized carbons (Fsp3) is 0.333. The summed E-state index contributed by atoms with van der Waals surface area (Å²) in [5.41, 5.74) is 6.51. The van der Waals surface area contributed by atoms with Crippen LogP contribution in [0.2, 0.25) is 5.02 Å². The molecule has 20 heavy (non-hydrogen) atoms. The maximum absolute atomic E-state index is 6.16. The highest BCUT2D eigenvalue weighted by Gasteiger charge is 2.20. The first kappa shape index (κ1) is 13.7. The molecular formula is C18H20ClN. The molecule has 0 amide bonds. The van der Waals surface area contributed by atoms with Gasteiger partial charge in [-0.3, -0.25) is 0 Å². The number of rotatable bonds is 4. The number of benzene rings is 2. The zero-order valence-electron chi connectivity index (χ0n) is 12.0. The first-order valence-electron chi connectivity index (χ1n) is 7.23. The van der Waals surface area contributed by atoms with Crippen molar-refractivity contribution >= 4 is 11.6 Å². The van der Waals surface area contributed by atoms with Gasteiger partial charge < -0.3 is 5.32 Å². The minimum absolute atomic E-state index is 0.710. The van der Waals surface area contributed by atoms with E-state index in [1.54, 1.807) is 0 Å². The monoisotopic (exact) mass is 285 g/mol. The predicted octanol–water partition coefficient (Wildman–Crippen LogP) is 4.88. The molecule has 1 saturated carbocycles. The molecule has 0 unspecified atom stereocenters. The van der Waals surface area contributed by atoms with E-state index >= 15 is 0 Å². The van der Waals surface area contributed by atoms with Gasteiger partial charge in [-0.25, -0.2) is 0 Å².